The lowest BCUT2D eigenvalue weighted by molar-refractivity contribution is -0.937. The Bertz CT molecular complexity index is 660. The third-order valence-electron chi connectivity index (χ3n) is 4.10. The zero-order chi connectivity index (χ0) is 16.8. The van der Waals surface area contributed by atoms with Crippen molar-refractivity contribution in [2.24, 2.45) is 0 Å². The number of ether oxygens (including phenoxy) is 1. The number of morpholine rings is 1. The van der Waals surface area contributed by atoms with E-state index in [2.05, 4.69) is 28.1 Å². The average Bonchev–Trinajstić information content (AvgIpc) is 3.12. The molecule has 4 nitrogen and oxygen atoms in total. The molecule has 1 aliphatic heterocycles. The second kappa shape index (κ2) is 8.53. The van der Waals surface area contributed by atoms with E-state index in [0.29, 0.717) is 23.4 Å². The molecule has 3 N–H and O–H groups in total. The van der Waals surface area contributed by atoms with E-state index < -0.39 is 0 Å². The van der Waals surface area contributed by atoms with Crippen LogP contribution in [-0.4, -0.2) is 38.0 Å². The Morgan fingerprint density at radius 1 is 1.25 bits per heavy atom. The molecule has 1 aromatic heterocycles. The van der Waals surface area contributed by atoms with Gasteiger partial charge in [-0.05, 0) is 35.8 Å². The van der Waals surface area contributed by atoms with Gasteiger partial charge in [-0.1, -0.05) is 18.2 Å². The van der Waals surface area contributed by atoms with Gasteiger partial charge in [0.15, 0.2) is 5.11 Å². The number of quaternary nitrogens is 1. The summed E-state index contributed by atoms with van der Waals surface area (Å²) in [5, 5.41) is 8.71. The molecule has 0 amide bonds. The van der Waals surface area contributed by atoms with Crippen LogP contribution in [0.4, 0.5) is 10.1 Å². The molecule has 2 aromatic rings. The minimum absolute atomic E-state index is 0.310. The lowest BCUT2D eigenvalue weighted by atomic mass is 10.2. The average molecular weight is 367 g/mol. The maximum Gasteiger partial charge on any atom is 0.171 e. The topological polar surface area (TPSA) is 37.7 Å². The number of hydrogen-bond donors (Lipinski definition) is 3. The summed E-state index contributed by atoms with van der Waals surface area (Å²) in [5.74, 6) is -0.310. The van der Waals surface area contributed by atoms with Crippen LogP contribution in [-0.2, 0) is 4.74 Å². The van der Waals surface area contributed by atoms with Gasteiger partial charge in [-0.2, -0.15) is 0 Å². The van der Waals surface area contributed by atoms with E-state index in [-0.39, 0.29) is 5.82 Å². The number of halogens is 1. The van der Waals surface area contributed by atoms with Gasteiger partial charge in [0.1, 0.15) is 24.9 Å². The number of benzene rings is 1. The molecule has 0 unspecified atom stereocenters. The SMILES string of the molecule is Fc1ccccc1NC(=S)NC[C@H](c1cccs1)[NH+]1CCOCC1. The fourth-order valence-electron chi connectivity index (χ4n) is 2.84. The van der Waals surface area contributed by atoms with Crippen LogP contribution in [0.5, 0.6) is 0 Å². The van der Waals surface area contributed by atoms with Crippen LogP contribution in [0.1, 0.15) is 10.9 Å². The van der Waals surface area contributed by atoms with E-state index in [1.54, 1.807) is 29.5 Å². The molecule has 1 aliphatic rings. The first-order chi connectivity index (χ1) is 11.7. The van der Waals surface area contributed by atoms with E-state index >= 15 is 0 Å². The summed E-state index contributed by atoms with van der Waals surface area (Å²) >= 11 is 7.08. The van der Waals surface area contributed by atoms with Crippen molar-refractivity contribution in [1.29, 1.82) is 0 Å². The van der Waals surface area contributed by atoms with Gasteiger partial charge in [0.25, 0.3) is 0 Å². The summed E-state index contributed by atoms with van der Waals surface area (Å²) in [7, 11) is 0. The third-order valence-corrected chi connectivity index (χ3v) is 5.34. The summed E-state index contributed by atoms with van der Waals surface area (Å²) in [6.07, 6.45) is 0. The van der Waals surface area contributed by atoms with Gasteiger partial charge in [-0.3, -0.25) is 0 Å². The molecule has 3 rings (SSSR count). The largest absolute Gasteiger partial charge is 0.370 e. The fraction of sp³-hybridized carbons (Fsp3) is 0.353. The minimum Gasteiger partial charge on any atom is -0.370 e. The molecule has 1 fully saturated rings. The molecule has 1 aromatic carbocycles. The van der Waals surface area contributed by atoms with Crippen molar-refractivity contribution in [1.82, 2.24) is 5.32 Å². The summed E-state index contributed by atoms with van der Waals surface area (Å²) in [4.78, 5) is 2.82. The number of anilines is 1. The predicted octanol–water partition coefficient (Wildman–Crippen LogP) is 1.83. The van der Waals surface area contributed by atoms with Crippen molar-refractivity contribution in [3.63, 3.8) is 0 Å². The molecule has 0 aliphatic carbocycles. The zero-order valence-electron chi connectivity index (χ0n) is 13.3. The minimum atomic E-state index is -0.310. The Balaban J connectivity index is 1.61. The third kappa shape index (κ3) is 4.51. The first kappa shape index (κ1) is 17.3. The Labute approximate surface area is 150 Å². The van der Waals surface area contributed by atoms with E-state index in [0.717, 1.165) is 26.3 Å². The molecule has 7 heteroatoms. The van der Waals surface area contributed by atoms with Crippen LogP contribution in [0, 0.1) is 5.82 Å². The molecular formula is C17H21FN3OS2+. The Hall–Kier alpha value is -1.54. The first-order valence-corrected chi connectivity index (χ1v) is 9.28. The van der Waals surface area contributed by atoms with E-state index in [9.17, 15) is 4.39 Å². The van der Waals surface area contributed by atoms with Gasteiger partial charge < -0.3 is 20.3 Å². The van der Waals surface area contributed by atoms with Crippen molar-refractivity contribution in [2.75, 3.05) is 38.2 Å². The smallest absolute Gasteiger partial charge is 0.171 e. The van der Waals surface area contributed by atoms with Crippen molar-refractivity contribution < 1.29 is 14.0 Å². The predicted molar refractivity (Wildman–Crippen MR) is 99.2 cm³/mol. The number of rotatable bonds is 5. The number of para-hydroxylation sites is 1. The molecular weight excluding hydrogens is 345 g/mol. The van der Waals surface area contributed by atoms with Gasteiger partial charge in [0, 0.05) is 0 Å². The summed E-state index contributed by atoms with van der Waals surface area (Å²) in [6, 6.07) is 11.1. The number of thiophene rings is 1. The van der Waals surface area contributed by atoms with Crippen LogP contribution >= 0.6 is 23.6 Å². The highest BCUT2D eigenvalue weighted by molar-refractivity contribution is 7.80. The van der Waals surface area contributed by atoms with Crippen molar-refractivity contribution >= 4 is 34.4 Å². The van der Waals surface area contributed by atoms with Gasteiger partial charge in [-0.15, -0.1) is 11.3 Å². The second-order valence-electron chi connectivity index (χ2n) is 5.65. The molecule has 1 saturated heterocycles. The monoisotopic (exact) mass is 366 g/mol. The maximum atomic E-state index is 13.7. The number of thiocarbonyl (C=S) groups is 1. The lowest BCUT2D eigenvalue weighted by Crippen LogP contribution is -3.15. The van der Waals surface area contributed by atoms with Gasteiger partial charge in [0.05, 0.1) is 30.3 Å². The second-order valence-corrected chi connectivity index (χ2v) is 7.04. The van der Waals surface area contributed by atoms with Gasteiger partial charge >= 0.3 is 0 Å². The number of hydrogen-bond acceptors (Lipinski definition) is 3. The van der Waals surface area contributed by atoms with Gasteiger partial charge in [0.2, 0.25) is 0 Å². The summed E-state index contributed by atoms with van der Waals surface area (Å²) in [6.45, 7) is 4.25. The Kier molecular flexibility index (Phi) is 6.14. The Morgan fingerprint density at radius 3 is 2.75 bits per heavy atom. The highest BCUT2D eigenvalue weighted by Gasteiger charge is 2.27. The molecule has 0 spiro atoms. The van der Waals surface area contributed by atoms with E-state index in [1.165, 1.54) is 15.8 Å². The fourth-order valence-corrected chi connectivity index (χ4v) is 3.92. The van der Waals surface area contributed by atoms with Crippen LogP contribution in [0.15, 0.2) is 41.8 Å². The van der Waals surface area contributed by atoms with Crippen molar-refractivity contribution in [3.8, 4) is 0 Å². The lowest BCUT2D eigenvalue weighted by Gasteiger charge is -2.31. The molecule has 1 atom stereocenters. The molecule has 24 heavy (non-hydrogen) atoms. The summed E-state index contributed by atoms with van der Waals surface area (Å²) < 4.78 is 19.2. The van der Waals surface area contributed by atoms with Crippen LogP contribution in [0.25, 0.3) is 0 Å². The number of nitrogens with one attached hydrogen (secondary N) is 3. The highest BCUT2D eigenvalue weighted by Crippen LogP contribution is 2.17. The van der Waals surface area contributed by atoms with Crippen molar-refractivity contribution in [3.05, 3.63) is 52.5 Å². The molecule has 0 radical (unpaired) electrons. The highest BCUT2D eigenvalue weighted by atomic mass is 32.1. The molecule has 128 valence electrons. The van der Waals surface area contributed by atoms with Crippen LogP contribution in [0.3, 0.4) is 0 Å². The normalized spacial score (nSPS) is 16.5. The molecule has 0 saturated carbocycles. The maximum absolute atomic E-state index is 13.7. The standard InChI is InChI=1S/C17H20FN3OS2/c18-13-4-1-2-5-14(13)20-17(23)19-12-15(16-6-3-11-24-16)21-7-9-22-10-8-21/h1-6,11,15H,7-10,12H2,(H2,19,20,23)/p+1/t15-/m1/s1. The Morgan fingerprint density at radius 2 is 2.04 bits per heavy atom. The summed E-state index contributed by atoms with van der Waals surface area (Å²) in [5.41, 5.74) is 0.390. The van der Waals surface area contributed by atoms with E-state index in [1.807, 2.05) is 0 Å². The quantitative estimate of drug-likeness (QED) is 0.706. The molecule has 0 bridgehead atoms. The van der Waals surface area contributed by atoms with Crippen LogP contribution in [0.2, 0.25) is 0 Å². The zero-order valence-corrected chi connectivity index (χ0v) is 14.9. The molecule has 2 heterocycles. The van der Waals surface area contributed by atoms with Crippen LogP contribution < -0.4 is 15.5 Å². The van der Waals surface area contributed by atoms with Gasteiger partial charge in [-0.25, -0.2) is 4.39 Å². The van der Waals surface area contributed by atoms with E-state index in [4.69, 9.17) is 17.0 Å². The first-order valence-electron chi connectivity index (χ1n) is 7.99. The van der Waals surface area contributed by atoms with Crippen molar-refractivity contribution in [2.45, 2.75) is 6.04 Å².